The fourth-order valence-electron chi connectivity index (χ4n) is 2.94. The summed E-state index contributed by atoms with van der Waals surface area (Å²) in [5.41, 5.74) is -5.92. The molecule has 0 saturated carbocycles. The molecule has 1 heterocycles. The fraction of sp³-hybridized carbons (Fsp3) is 0.579. The molecule has 2 rings (SSSR count). The number of benzene rings is 1. The number of alkyl halides is 6. The third kappa shape index (κ3) is 5.67. The van der Waals surface area contributed by atoms with Crippen LogP contribution in [0.2, 0.25) is 0 Å². The van der Waals surface area contributed by atoms with E-state index in [9.17, 15) is 36.2 Å². The Kier molecular flexibility index (Phi) is 7.93. The summed E-state index contributed by atoms with van der Waals surface area (Å²) in [4.78, 5) is 18.7. The number of ether oxygens (including phenoxy) is 1. The largest absolute Gasteiger partial charge is 0.430 e. The number of morpholine rings is 1. The van der Waals surface area contributed by atoms with Crippen molar-refractivity contribution in [2.24, 2.45) is 5.16 Å². The molecule has 1 saturated heterocycles. The summed E-state index contributed by atoms with van der Waals surface area (Å²) in [7, 11) is 0. The molecule has 1 amide bonds. The maximum absolute atomic E-state index is 13.0. The van der Waals surface area contributed by atoms with Crippen LogP contribution in [0.4, 0.5) is 26.3 Å². The molecule has 0 spiro atoms. The summed E-state index contributed by atoms with van der Waals surface area (Å²) >= 11 is 0. The summed E-state index contributed by atoms with van der Waals surface area (Å²) in [6.45, 7) is 3.06. The van der Waals surface area contributed by atoms with E-state index in [0.29, 0.717) is 51.3 Å². The molecule has 1 N–H and O–H groups in total. The Morgan fingerprint density at radius 1 is 1.10 bits per heavy atom. The van der Waals surface area contributed by atoms with Crippen molar-refractivity contribution in [1.29, 1.82) is 0 Å². The Hall–Kier alpha value is -2.34. The van der Waals surface area contributed by atoms with Gasteiger partial charge in [-0.3, -0.25) is 4.79 Å². The number of oxime groups is 1. The van der Waals surface area contributed by atoms with E-state index in [1.54, 1.807) is 6.92 Å². The highest BCUT2D eigenvalue weighted by Gasteiger charge is 2.71. The van der Waals surface area contributed by atoms with Gasteiger partial charge in [-0.15, -0.1) is 0 Å². The number of hydrogen-bond acceptors (Lipinski definition) is 5. The first-order chi connectivity index (χ1) is 14.4. The molecule has 0 aromatic heterocycles. The molecule has 1 aliphatic rings. The van der Waals surface area contributed by atoms with E-state index in [2.05, 4.69) is 5.16 Å². The zero-order valence-corrected chi connectivity index (χ0v) is 16.6. The molecular formula is C19H22F6N2O4. The van der Waals surface area contributed by atoms with Gasteiger partial charge in [0.1, 0.15) is 0 Å². The van der Waals surface area contributed by atoms with Gasteiger partial charge in [0.05, 0.1) is 18.9 Å². The van der Waals surface area contributed by atoms with Crippen LogP contribution >= 0.6 is 0 Å². The minimum Gasteiger partial charge on any atom is -0.385 e. The van der Waals surface area contributed by atoms with Crippen molar-refractivity contribution in [2.45, 2.75) is 37.7 Å². The Labute approximate surface area is 174 Å². The van der Waals surface area contributed by atoms with Gasteiger partial charge in [-0.05, 0) is 12.0 Å². The van der Waals surface area contributed by atoms with Crippen LogP contribution in [0.3, 0.4) is 0 Å². The van der Waals surface area contributed by atoms with Gasteiger partial charge >= 0.3 is 12.4 Å². The molecule has 0 bridgehead atoms. The molecule has 31 heavy (non-hydrogen) atoms. The van der Waals surface area contributed by atoms with Crippen molar-refractivity contribution in [3.05, 3.63) is 35.4 Å². The SMILES string of the molecule is CCC/C(=N/OCC(=O)N1CCOCC1)c1ccc(C(O)(C(F)(F)F)C(F)(F)F)cc1. The highest BCUT2D eigenvalue weighted by molar-refractivity contribution is 6.00. The molecule has 1 aromatic carbocycles. The Balaban J connectivity index is 2.18. The van der Waals surface area contributed by atoms with E-state index in [4.69, 9.17) is 9.57 Å². The predicted octanol–water partition coefficient (Wildman–Crippen LogP) is 3.38. The lowest BCUT2D eigenvalue weighted by Crippen LogP contribution is -2.53. The normalized spacial score (nSPS) is 16.4. The zero-order chi connectivity index (χ0) is 23.3. The highest BCUT2D eigenvalue weighted by Crippen LogP contribution is 2.49. The average molecular weight is 456 g/mol. The fourth-order valence-corrected chi connectivity index (χ4v) is 2.94. The van der Waals surface area contributed by atoms with E-state index < -0.39 is 23.5 Å². The van der Waals surface area contributed by atoms with E-state index in [1.807, 2.05) is 0 Å². The quantitative estimate of drug-likeness (QED) is 0.388. The molecule has 0 atom stereocenters. The molecule has 12 heteroatoms. The van der Waals surface area contributed by atoms with Gasteiger partial charge in [0.25, 0.3) is 11.5 Å². The Morgan fingerprint density at radius 3 is 2.13 bits per heavy atom. The summed E-state index contributed by atoms with van der Waals surface area (Å²) in [6.07, 6.45) is -11.1. The number of rotatable bonds is 7. The van der Waals surface area contributed by atoms with E-state index in [0.717, 1.165) is 12.1 Å². The molecule has 1 aromatic rings. The van der Waals surface area contributed by atoms with E-state index in [-0.39, 0.29) is 23.8 Å². The number of halogens is 6. The van der Waals surface area contributed by atoms with Gasteiger partial charge in [-0.25, -0.2) is 0 Å². The third-order valence-corrected chi connectivity index (χ3v) is 4.67. The van der Waals surface area contributed by atoms with Gasteiger partial charge in [0.2, 0.25) is 0 Å². The first-order valence-corrected chi connectivity index (χ1v) is 9.43. The van der Waals surface area contributed by atoms with Crippen LogP contribution in [0.5, 0.6) is 0 Å². The topological polar surface area (TPSA) is 71.4 Å². The smallest absolute Gasteiger partial charge is 0.385 e. The summed E-state index contributed by atoms with van der Waals surface area (Å²) in [5, 5.41) is 13.3. The number of nitrogens with zero attached hydrogens (tertiary/aromatic N) is 2. The van der Waals surface area contributed by atoms with Crippen LogP contribution < -0.4 is 0 Å². The minimum atomic E-state index is -5.96. The monoisotopic (exact) mass is 456 g/mol. The van der Waals surface area contributed by atoms with Crippen LogP contribution in [0.15, 0.2) is 29.4 Å². The lowest BCUT2D eigenvalue weighted by Gasteiger charge is -2.32. The van der Waals surface area contributed by atoms with Crippen molar-refractivity contribution < 1.29 is 45.8 Å². The van der Waals surface area contributed by atoms with Crippen molar-refractivity contribution in [2.75, 3.05) is 32.9 Å². The molecule has 174 valence electrons. The van der Waals surface area contributed by atoms with Gasteiger partial charge in [-0.1, -0.05) is 42.8 Å². The number of carbonyl (C=O) groups excluding carboxylic acids is 1. The van der Waals surface area contributed by atoms with Crippen LogP contribution in [0, 0.1) is 0 Å². The summed E-state index contributed by atoms with van der Waals surface area (Å²) < 4.78 is 83.2. The Morgan fingerprint density at radius 2 is 1.65 bits per heavy atom. The standard InChI is InChI=1S/C19H22F6N2O4/c1-2-3-15(26-31-12-16(28)27-8-10-30-11-9-27)13-4-6-14(7-5-13)17(29,18(20,21)22)19(23,24)25/h4-7,29H,2-3,8-12H2,1H3/b26-15-. The van der Waals surface area contributed by atoms with E-state index >= 15 is 0 Å². The maximum Gasteiger partial charge on any atom is 0.430 e. The average Bonchev–Trinajstić information content (AvgIpc) is 2.71. The van der Waals surface area contributed by atoms with Gasteiger partial charge in [0.15, 0.2) is 6.61 Å². The molecule has 1 fully saturated rings. The number of aliphatic hydroxyl groups is 1. The van der Waals surface area contributed by atoms with Crippen LogP contribution in [-0.2, 0) is 20.0 Å². The highest BCUT2D eigenvalue weighted by atomic mass is 19.4. The second-order valence-electron chi connectivity index (χ2n) is 6.84. The van der Waals surface area contributed by atoms with E-state index in [1.165, 1.54) is 4.90 Å². The lowest BCUT2D eigenvalue weighted by atomic mass is 9.91. The Bertz CT molecular complexity index is 757. The second kappa shape index (κ2) is 9.86. The first kappa shape index (κ1) is 24.9. The number of carbonyl (C=O) groups is 1. The van der Waals surface area contributed by atoms with Crippen LogP contribution in [0.1, 0.15) is 30.9 Å². The van der Waals surface area contributed by atoms with Crippen molar-refractivity contribution in [1.82, 2.24) is 4.90 Å². The minimum absolute atomic E-state index is 0.205. The van der Waals surface area contributed by atoms with Crippen LogP contribution in [-0.4, -0.2) is 66.9 Å². The molecule has 0 aliphatic carbocycles. The molecular weight excluding hydrogens is 434 g/mol. The van der Waals surface area contributed by atoms with Gasteiger partial charge in [-0.2, -0.15) is 26.3 Å². The number of hydrogen-bond donors (Lipinski definition) is 1. The van der Waals surface area contributed by atoms with Gasteiger partial charge < -0.3 is 19.6 Å². The van der Waals surface area contributed by atoms with Crippen molar-refractivity contribution >= 4 is 11.6 Å². The number of amides is 1. The molecule has 1 aliphatic heterocycles. The van der Waals surface area contributed by atoms with Gasteiger partial charge in [0, 0.05) is 18.7 Å². The van der Waals surface area contributed by atoms with Crippen molar-refractivity contribution in [3.8, 4) is 0 Å². The predicted molar refractivity (Wildman–Crippen MR) is 97.2 cm³/mol. The first-order valence-electron chi connectivity index (χ1n) is 9.43. The van der Waals surface area contributed by atoms with Crippen molar-refractivity contribution in [3.63, 3.8) is 0 Å². The molecule has 6 nitrogen and oxygen atoms in total. The maximum atomic E-state index is 13.0. The molecule has 0 radical (unpaired) electrons. The summed E-state index contributed by atoms with van der Waals surface area (Å²) in [5.74, 6) is -0.321. The zero-order valence-electron chi connectivity index (χ0n) is 16.6. The molecule has 0 unspecified atom stereocenters. The summed E-state index contributed by atoms with van der Waals surface area (Å²) in [6, 6.07) is 3.06. The third-order valence-electron chi connectivity index (χ3n) is 4.67. The second-order valence-corrected chi connectivity index (χ2v) is 6.84. The van der Waals surface area contributed by atoms with Crippen LogP contribution in [0.25, 0.3) is 0 Å². The lowest BCUT2D eigenvalue weighted by molar-refractivity contribution is -0.376.